The van der Waals surface area contributed by atoms with Crippen molar-refractivity contribution in [2.24, 2.45) is 11.8 Å². The van der Waals surface area contributed by atoms with Crippen LogP contribution < -0.4 is 0 Å². The van der Waals surface area contributed by atoms with Gasteiger partial charge in [-0.1, -0.05) is 58.0 Å². The van der Waals surface area contributed by atoms with Crippen LogP contribution in [0.25, 0.3) is 0 Å². The second-order valence-electron chi connectivity index (χ2n) is 6.93. The molecule has 140 valence electrons. The van der Waals surface area contributed by atoms with E-state index in [-0.39, 0.29) is 23.7 Å². The van der Waals surface area contributed by atoms with Crippen molar-refractivity contribution in [3.8, 4) is 0 Å². The summed E-state index contributed by atoms with van der Waals surface area (Å²) in [5.41, 5.74) is 1.17. The van der Waals surface area contributed by atoms with Crippen LogP contribution in [0.4, 0.5) is 0 Å². The zero-order chi connectivity index (χ0) is 18.8. The van der Waals surface area contributed by atoms with Crippen LogP contribution in [0, 0.1) is 11.8 Å². The van der Waals surface area contributed by atoms with E-state index < -0.39 is 0 Å². The van der Waals surface area contributed by atoms with Crippen LogP contribution in [0.2, 0.25) is 0 Å². The smallest absolute Gasteiger partial charge is 0.225 e. The number of amides is 2. The number of ether oxygens (including phenoxy) is 1. The molecule has 2 rings (SSSR count). The Balaban J connectivity index is 0.000000257. The fourth-order valence-corrected chi connectivity index (χ4v) is 2.52. The summed E-state index contributed by atoms with van der Waals surface area (Å²) in [5.74, 6) is 0.624. The van der Waals surface area contributed by atoms with Crippen molar-refractivity contribution in [1.29, 1.82) is 0 Å². The Morgan fingerprint density at radius 1 is 1.04 bits per heavy atom. The number of carbonyl (C=O) groups is 2. The average Bonchev–Trinajstić information content (AvgIpc) is 2.62. The van der Waals surface area contributed by atoms with E-state index in [1.54, 1.807) is 4.90 Å². The molecule has 0 aliphatic carbocycles. The molecule has 0 atom stereocenters. The van der Waals surface area contributed by atoms with Crippen molar-refractivity contribution in [2.45, 2.75) is 34.2 Å². The Morgan fingerprint density at radius 3 is 2.08 bits per heavy atom. The van der Waals surface area contributed by atoms with Crippen LogP contribution in [0.5, 0.6) is 0 Å². The molecule has 0 radical (unpaired) electrons. The van der Waals surface area contributed by atoms with Crippen LogP contribution in [-0.4, -0.2) is 55.0 Å². The summed E-state index contributed by atoms with van der Waals surface area (Å²) in [4.78, 5) is 26.6. The summed E-state index contributed by atoms with van der Waals surface area (Å²) in [7, 11) is 1.84. The second kappa shape index (κ2) is 10.9. The van der Waals surface area contributed by atoms with Gasteiger partial charge in [0.05, 0.1) is 13.2 Å². The lowest BCUT2D eigenvalue weighted by Gasteiger charge is -2.28. The zero-order valence-electron chi connectivity index (χ0n) is 16.2. The van der Waals surface area contributed by atoms with Gasteiger partial charge in [0, 0.05) is 38.5 Å². The van der Waals surface area contributed by atoms with Gasteiger partial charge >= 0.3 is 0 Å². The summed E-state index contributed by atoms with van der Waals surface area (Å²) >= 11 is 0. The summed E-state index contributed by atoms with van der Waals surface area (Å²) in [5, 5.41) is 0. The molecule has 2 amide bonds. The van der Waals surface area contributed by atoms with E-state index in [1.807, 2.05) is 70.0 Å². The zero-order valence-corrected chi connectivity index (χ0v) is 16.2. The SMILES string of the molecule is CC(C)C(=O)N(C)Cc1ccccc1.CC(C)C(=O)N1CCOCC1. The molecule has 5 heteroatoms. The van der Waals surface area contributed by atoms with Gasteiger partial charge in [-0.3, -0.25) is 9.59 Å². The Labute approximate surface area is 151 Å². The van der Waals surface area contributed by atoms with Gasteiger partial charge in [0.25, 0.3) is 0 Å². The van der Waals surface area contributed by atoms with Gasteiger partial charge in [-0.25, -0.2) is 0 Å². The molecular weight excluding hydrogens is 316 g/mol. The van der Waals surface area contributed by atoms with Crippen LogP contribution in [-0.2, 0) is 20.9 Å². The molecule has 0 spiro atoms. The number of nitrogens with zero attached hydrogens (tertiary/aromatic N) is 2. The van der Waals surface area contributed by atoms with Crippen molar-refractivity contribution in [3.05, 3.63) is 35.9 Å². The maximum atomic E-state index is 11.6. The molecule has 0 saturated carbocycles. The topological polar surface area (TPSA) is 49.9 Å². The lowest BCUT2D eigenvalue weighted by molar-refractivity contribution is -0.138. The van der Waals surface area contributed by atoms with E-state index in [0.29, 0.717) is 19.8 Å². The molecule has 0 bridgehead atoms. The van der Waals surface area contributed by atoms with Crippen molar-refractivity contribution < 1.29 is 14.3 Å². The first kappa shape index (κ1) is 21.2. The van der Waals surface area contributed by atoms with Gasteiger partial charge in [-0.2, -0.15) is 0 Å². The predicted octanol–water partition coefficient (Wildman–Crippen LogP) is 2.80. The van der Waals surface area contributed by atoms with E-state index in [2.05, 4.69) is 0 Å². The number of carbonyl (C=O) groups excluding carboxylic acids is 2. The van der Waals surface area contributed by atoms with E-state index in [4.69, 9.17) is 4.74 Å². The highest BCUT2D eigenvalue weighted by Gasteiger charge is 2.18. The van der Waals surface area contributed by atoms with Crippen LogP contribution in [0.3, 0.4) is 0 Å². The number of hydrogen-bond acceptors (Lipinski definition) is 3. The van der Waals surface area contributed by atoms with E-state index in [9.17, 15) is 9.59 Å². The largest absolute Gasteiger partial charge is 0.378 e. The summed E-state index contributed by atoms with van der Waals surface area (Å²) in [6, 6.07) is 10.0. The maximum Gasteiger partial charge on any atom is 0.225 e. The predicted molar refractivity (Wildman–Crippen MR) is 100.0 cm³/mol. The third kappa shape index (κ3) is 7.69. The molecule has 5 nitrogen and oxygen atoms in total. The minimum absolute atomic E-state index is 0.0729. The molecule has 25 heavy (non-hydrogen) atoms. The second-order valence-corrected chi connectivity index (χ2v) is 6.93. The Morgan fingerprint density at radius 2 is 1.60 bits per heavy atom. The standard InChI is InChI=1S/C12H17NO.C8H15NO2/c1-10(2)12(14)13(3)9-11-7-5-4-6-8-11;1-7(2)8(10)9-3-5-11-6-4-9/h4-8,10H,9H2,1-3H3;7H,3-6H2,1-2H3. The fraction of sp³-hybridized carbons (Fsp3) is 0.600. The van der Waals surface area contributed by atoms with Gasteiger partial charge in [0.2, 0.25) is 11.8 Å². The highest BCUT2D eigenvalue weighted by atomic mass is 16.5. The molecule has 1 aromatic rings. The molecule has 1 saturated heterocycles. The van der Waals surface area contributed by atoms with Gasteiger partial charge in [-0.05, 0) is 5.56 Å². The fourth-order valence-electron chi connectivity index (χ4n) is 2.52. The molecule has 0 aromatic heterocycles. The average molecular weight is 348 g/mol. The molecule has 1 aliphatic heterocycles. The Bertz CT molecular complexity index is 523. The minimum atomic E-state index is 0.0729. The number of hydrogen-bond donors (Lipinski definition) is 0. The minimum Gasteiger partial charge on any atom is -0.378 e. The summed E-state index contributed by atoms with van der Waals surface area (Å²) in [6.07, 6.45) is 0. The van der Waals surface area contributed by atoms with E-state index in [0.717, 1.165) is 13.1 Å². The molecule has 0 unspecified atom stereocenters. The van der Waals surface area contributed by atoms with Gasteiger partial charge in [0.15, 0.2) is 0 Å². The first-order valence-electron chi connectivity index (χ1n) is 8.98. The molecule has 1 aromatic carbocycles. The van der Waals surface area contributed by atoms with Crippen molar-refractivity contribution >= 4 is 11.8 Å². The van der Waals surface area contributed by atoms with Crippen LogP contribution in [0.1, 0.15) is 33.3 Å². The number of rotatable bonds is 4. The van der Waals surface area contributed by atoms with Crippen LogP contribution in [0.15, 0.2) is 30.3 Å². The van der Waals surface area contributed by atoms with Gasteiger partial charge in [0.1, 0.15) is 0 Å². The van der Waals surface area contributed by atoms with E-state index >= 15 is 0 Å². The molecular formula is C20H32N2O3. The maximum absolute atomic E-state index is 11.6. The first-order valence-corrected chi connectivity index (χ1v) is 8.98. The molecule has 0 N–H and O–H groups in total. The van der Waals surface area contributed by atoms with Crippen LogP contribution >= 0.6 is 0 Å². The summed E-state index contributed by atoms with van der Waals surface area (Å²) < 4.78 is 5.14. The molecule has 1 fully saturated rings. The monoisotopic (exact) mass is 348 g/mol. The third-order valence-corrected chi connectivity index (χ3v) is 3.95. The lowest BCUT2D eigenvalue weighted by atomic mass is 10.1. The highest BCUT2D eigenvalue weighted by Crippen LogP contribution is 2.06. The Hall–Kier alpha value is -1.88. The molecule has 1 heterocycles. The lowest BCUT2D eigenvalue weighted by Crippen LogP contribution is -2.42. The highest BCUT2D eigenvalue weighted by molar-refractivity contribution is 5.78. The van der Waals surface area contributed by atoms with Gasteiger partial charge < -0.3 is 14.5 Å². The number of morpholine rings is 1. The van der Waals surface area contributed by atoms with Gasteiger partial charge in [-0.15, -0.1) is 0 Å². The normalized spacial score (nSPS) is 14.1. The first-order chi connectivity index (χ1) is 11.8. The third-order valence-electron chi connectivity index (χ3n) is 3.95. The van der Waals surface area contributed by atoms with Crippen molar-refractivity contribution in [1.82, 2.24) is 9.80 Å². The molecule has 1 aliphatic rings. The van der Waals surface area contributed by atoms with E-state index in [1.165, 1.54) is 5.56 Å². The quantitative estimate of drug-likeness (QED) is 0.841. The summed E-state index contributed by atoms with van der Waals surface area (Å²) in [6.45, 7) is 11.3. The van der Waals surface area contributed by atoms with Crippen molar-refractivity contribution in [3.63, 3.8) is 0 Å². The Kier molecular flexibility index (Phi) is 9.21. The number of benzene rings is 1. The van der Waals surface area contributed by atoms with Crippen molar-refractivity contribution in [2.75, 3.05) is 33.4 Å².